The van der Waals surface area contributed by atoms with Gasteiger partial charge in [-0.25, -0.2) is 14.1 Å². The largest absolute Gasteiger partial charge is 0.460 e. The molecule has 2 aliphatic rings. The second kappa shape index (κ2) is 11.8. The number of ketones is 1. The molecule has 35 heavy (non-hydrogen) atoms. The van der Waals surface area contributed by atoms with Crippen LogP contribution in [0, 0.1) is 11.8 Å². The van der Waals surface area contributed by atoms with Gasteiger partial charge in [-0.15, -0.1) is 0 Å². The van der Waals surface area contributed by atoms with E-state index in [9.17, 15) is 22.4 Å². The molecule has 0 atom stereocenters. The van der Waals surface area contributed by atoms with E-state index in [0.717, 1.165) is 80.7 Å². The molecule has 1 fully saturated rings. The average Bonchev–Trinajstić information content (AvgIpc) is 3.39. The molecule has 0 N–H and O–H groups in total. The standard InChI is InChI=1S/C24H32F4N4O2S/c25-16-32-14-19(13-29-32)12-20(33)11-18-3-1-17(2-4-18)5-8-31-9-6-21-22(7-10-31)35-23(30-21)34-15-24(26,27)28/h13-14,17-18H,1-12,15-16H2. The van der Waals surface area contributed by atoms with Gasteiger partial charge in [0.2, 0.25) is 0 Å². The average molecular weight is 517 g/mol. The van der Waals surface area contributed by atoms with Crippen LogP contribution in [0.5, 0.6) is 5.19 Å². The second-order valence-electron chi connectivity index (χ2n) is 9.70. The Morgan fingerprint density at radius 2 is 1.89 bits per heavy atom. The zero-order chi connectivity index (χ0) is 24.8. The molecule has 194 valence electrons. The summed E-state index contributed by atoms with van der Waals surface area (Å²) in [7, 11) is 0. The number of hydrogen-bond donors (Lipinski definition) is 0. The fraction of sp³-hybridized carbons (Fsp3) is 0.708. The molecule has 0 unspecified atom stereocenters. The maximum absolute atomic E-state index is 12.6. The van der Waals surface area contributed by atoms with Crippen molar-refractivity contribution in [2.24, 2.45) is 11.8 Å². The number of alkyl halides is 4. The molecule has 0 aromatic carbocycles. The van der Waals surface area contributed by atoms with Crippen molar-refractivity contribution in [3.63, 3.8) is 0 Å². The number of ether oxygens (including phenoxy) is 1. The molecule has 1 saturated carbocycles. The van der Waals surface area contributed by atoms with E-state index in [4.69, 9.17) is 4.74 Å². The summed E-state index contributed by atoms with van der Waals surface area (Å²) in [5, 5.41) is 3.99. The van der Waals surface area contributed by atoms with Crippen molar-refractivity contribution in [2.75, 3.05) is 26.2 Å². The summed E-state index contributed by atoms with van der Waals surface area (Å²) in [5.74, 6) is 1.30. The fourth-order valence-corrected chi connectivity index (χ4v) is 6.03. The Bertz CT molecular complexity index is 944. The Morgan fingerprint density at radius 3 is 2.60 bits per heavy atom. The molecule has 2 aromatic rings. The second-order valence-corrected chi connectivity index (χ2v) is 10.7. The molecule has 3 heterocycles. The van der Waals surface area contributed by atoms with Crippen LogP contribution in [0.1, 0.15) is 54.7 Å². The number of nitrogens with zero attached hydrogens (tertiary/aromatic N) is 4. The van der Waals surface area contributed by atoms with Gasteiger partial charge < -0.3 is 9.64 Å². The van der Waals surface area contributed by atoms with Crippen molar-refractivity contribution in [3.8, 4) is 5.19 Å². The van der Waals surface area contributed by atoms with Crippen molar-refractivity contribution in [3.05, 3.63) is 28.5 Å². The Balaban J connectivity index is 1.13. The molecular formula is C24H32F4N4O2S. The van der Waals surface area contributed by atoms with Gasteiger partial charge in [0, 0.05) is 43.4 Å². The van der Waals surface area contributed by atoms with E-state index in [1.807, 2.05) is 0 Å². The summed E-state index contributed by atoms with van der Waals surface area (Å²) in [5.41, 5.74) is 1.64. The number of halogens is 4. The third-order valence-corrected chi connectivity index (χ3v) is 8.05. The smallest absolute Gasteiger partial charge is 0.422 e. The van der Waals surface area contributed by atoms with Crippen LogP contribution in [0.15, 0.2) is 12.4 Å². The molecule has 0 saturated heterocycles. The van der Waals surface area contributed by atoms with Crippen LogP contribution >= 0.6 is 11.3 Å². The zero-order valence-electron chi connectivity index (χ0n) is 19.7. The van der Waals surface area contributed by atoms with Crippen molar-refractivity contribution >= 4 is 17.1 Å². The highest BCUT2D eigenvalue weighted by Gasteiger charge is 2.30. The normalized spacial score (nSPS) is 21.5. The maximum Gasteiger partial charge on any atom is 0.422 e. The van der Waals surface area contributed by atoms with Crippen LogP contribution in [-0.4, -0.2) is 57.9 Å². The fourth-order valence-electron chi connectivity index (χ4n) is 5.09. The molecule has 1 aliphatic heterocycles. The van der Waals surface area contributed by atoms with Gasteiger partial charge in [0.15, 0.2) is 13.4 Å². The van der Waals surface area contributed by atoms with Crippen molar-refractivity contribution in [1.82, 2.24) is 19.7 Å². The first-order valence-electron chi connectivity index (χ1n) is 12.3. The van der Waals surface area contributed by atoms with Crippen LogP contribution in [0.25, 0.3) is 0 Å². The van der Waals surface area contributed by atoms with Gasteiger partial charge in [-0.2, -0.15) is 18.3 Å². The molecule has 2 aromatic heterocycles. The van der Waals surface area contributed by atoms with Crippen LogP contribution in [0.2, 0.25) is 0 Å². The Labute approximate surface area is 206 Å². The topological polar surface area (TPSA) is 60.2 Å². The number of aromatic nitrogens is 3. The lowest BCUT2D eigenvalue weighted by molar-refractivity contribution is -0.153. The minimum atomic E-state index is -4.35. The van der Waals surface area contributed by atoms with Gasteiger partial charge in [-0.05, 0) is 49.6 Å². The number of rotatable bonds is 10. The molecular weight excluding hydrogens is 484 g/mol. The molecule has 4 rings (SSSR count). The van der Waals surface area contributed by atoms with Crippen LogP contribution in [0.4, 0.5) is 17.6 Å². The highest BCUT2D eigenvalue weighted by molar-refractivity contribution is 7.13. The summed E-state index contributed by atoms with van der Waals surface area (Å²) in [6.07, 6.45) is 6.79. The highest BCUT2D eigenvalue weighted by Crippen LogP contribution is 2.34. The molecule has 0 bridgehead atoms. The number of carbonyl (C=O) groups is 1. The summed E-state index contributed by atoms with van der Waals surface area (Å²) in [6, 6.07) is 0. The lowest BCUT2D eigenvalue weighted by atomic mass is 9.78. The van der Waals surface area contributed by atoms with Gasteiger partial charge in [0.05, 0.1) is 11.9 Å². The number of Topliss-reactive ketones (excluding diaryl/α,β-unsaturated/α-hetero) is 1. The predicted octanol–water partition coefficient (Wildman–Crippen LogP) is 5.01. The quantitative estimate of drug-likeness (QED) is 0.416. The van der Waals surface area contributed by atoms with E-state index in [1.165, 1.54) is 16.0 Å². The number of thiazole rings is 1. The van der Waals surface area contributed by atoms with Crippen LogP contribution < -0.4 is 4.74 Å². The van der Waals surface area contributed by atoms with Crippen LogP contribution in [0.3, 0.4) is 0 Å². The monoisotopic (exact) mass is 516 g/mol. The molecule has 1 aliphatic carbocycles. The highest BCUT2D eigenvalue weighted by atomic mass is 32.1. The first-order chi connectivity index (χ1) is 16.8. The van der Waals surface area contributed by atoms with Crippen molar-refractivity contribution in [1.29, 1.82) is 0 Å². The van der Waals surface area contributed by atoms with Gasteiger partial charge in [-0.1, -0.05) is 24.2 Å². The van der Waals surface area contributed by atoms with Gasteiger partial charge in [0.1, 0.15) is 5.78 Å². The van der Waals surface area contributed by atoms with Gasteiger partial charge >= 0.3 is 6.18 Å². The Hall–Kier alpha value is -2.01. The van der Waals surface area contributed by atoms with E-state index < -0.39 is 19.6 Å². The minimum Gasteiger partial charge on any atom is -0.460 e. The summed E-state index contributed by atoms with van der Waals surface area (Å²) >= 11 is 1.24. The third-order valence-electron chi connectivity index (χ3n) is 6.98. The van der Waals surface area contributed by atoms with Crippen molar-refractivity contribution < 1.29 is 27.1 Å². The van der Waals surface area contributed by atoms with Crippen LogP contribution in [-0.2, 0) is 30.9 Å². The van der Waals surface area contributed by atoms with E-state index in [0.29, 0.717) is 24.7 Å². The lowest BCUT2D eigenvalue weighted by Crippen LogP contribution is -2.30. The first kappa shape index (κ1) is 26.1. The first-order valence-corrected chi connectivity index (χ1v) is 13.1. The Morgan fingerprint density at radius 1 is 1.14 bits per heavy atom. The van der Waals surface area contributed by atoms with E-state index in [-0.39, 0.29) is 11.0 Å². The molecule has 0 radical (unpaired) electrons. The summed E-state index contributed by atoms with van der Waals surface area (Å²) < 4.78 is 55.7. The number of hydrogen-bond acceptors (Lipinski definition) is 6. The van der Waals surface area contributed by atoms with E-state index in [2.05, 4.69) is 15.0 Å². The number of carbonyl (C=O) groups excluding carboxylic acids is 1. The zero-order valence-corrected chi connectivity index (χ0v) is 20.6. The SMILES string of the molecule is O=C(Cc1cnn(CF)c1)CC1CCC(CCN2CCc3nc(OCC(F)(F)F)sc3CC2)CC1. The predicted molar refractivity (Wildman–Crippen MR) is 124 cm³/mol. The molecule has 0 amide bonds. The Kier molecular flexibility index (Phi) is 8.80. The van der Waals surface area contributed by atoms with Crippen molar-refractivity contribution in [2.45, 2.75) is 70.8 Å². The number of fused-ring (bicyclic) bond motifs is 1. The maximum atomic E-state index is 12.6. The van der Waals surface area contributed by atoms with Gasteiger partial charge in [0.25, 0.3) is 5.19 Å². The summed E-state index contributed by atoms with van der Waals surface area (Å²) in [4.78, 5) is 20.1. The summed E-state index contributed by atoms with van der Waals surface area (Å²) in [6.45, 7) is 0.783. The molecule has 6 nitrogen and oxygen atoms in total. The minimum absolute atomic E-state index is 0.117. The third kappa shape index (κ3) is 7.99. The van der Waals surface area contributed by atoms with Gasteiger partial charge in [-0.3, -0.25) is 4.79 Å². The molecule has 0 spiro atoms. The molecule has 11 heteroatoms. The van der Waals surface area contributed by atoms with E-state index >= 15 is 0 Å². The van der Waals surface area contributed by atoms with E-state index in [1.54, 1.807) is 12.4 Å². The lowest BCUT2D eigenvalue weighted by Gasteiger charge is -2.30.